The van der Waals surface area contributed by atoms with Gasteiger partial charge in [-0.25, -0.2) is 0 Å². The van der Waals surface area contributed by atoms with Crippen LogP contribution in [0.2, 0.25) is 0 Å². The second-order valence-electron chi connectivity index (χ2n) is 16.7. The molecule has 0 aromatic carbocycles. The number of hydrogen-bond donors (Lipinski definition) is 1. The quantitative estimate of drug-likeness (QED) is 0.0363. The predicted octanol–water partition coefficient (Wildman–Crippen LogP) is 13.4. The van der Waals surface area contributed by atoms with Crippen LogP contribution >= 0.6 is 0 Å². The number of aliphatic hydroxyl groups excluding tert-OH is 1. The van der Waals surface area contributed by atoms with E-state index in [4.69, 9.17) is 18.9 Å². The third-order valence-electron chi connectivity index (χ3n) is 11.3. The van der Waals surface area contributed by atoms with Crippen molar-refractivity contribution in [3.8, 4) is 0 Å². The summed E-state index contributed by atoms with van der Waals surface area (Å²) >= 11 is 0. The Bertz CT molecular complexity index is 970. The molecule has 0 amide bonds. The monoisotopic (exact) mass is 825 g/mol. The highest BCUT2D eigenvalue weighted by atomic mass is 16.6. The van der Waals surface area contributed by atoms with E-state index in [9.17, 15) is 24.3 Å². The number of carbonyl (C=O) groups is 4. The second-order valence-corrected chi connectivity index (χ2v) is 16.7. The van der Waals surface area contributed by atoms with Gasteiger partial charge in [0.2, 0.25) is 0 Å². The minimum absolute atomic E-state index is 0.107. The fourth-order valence-electron chi connectivity index (χ4n) is 7.44. The Hall–Kier alpha value is -2.16. The summed E-state index contributed by atoms with van der Waals surface area (Å²) in [6, 6.07) is 0. The first kappa shape index (κ1) is 55.8. The summed E-state index contributed by atoms with van der Waals surface area (Å²) in [5.41, 5.74) is 0. The van der Waals surface area contributed by atoms with Gasteiger partial charge < -0.3 is 24.1 Å². The summed E-state index contributed by atoms with van der Waals surface area (Å²) in [7, 11) is 0. The van der Waals surface area contributed by atoms with Gasteiger partial charge in [-0.2, -0.15) is 0 Å². The lowest BCUT2D eigenvalue weighted by atomic mass is 9.99. The van der Waals surface area contributed by atoms with Gasteiger partial charge in [0.15, 0.2) is 0 Å². The van der Waals surface area contributed by atoms with Crippen molar-refractivity contribution < 1.29 is 43.2 Å². The van der Waals surface area contributed by atoms with E-state index in [-0.39, 0.29) is 30.0 Å². The van der Waals surface area contributed by atoms with Crippen molar-refractivity contribution in [3.05, 3.63) is 0 Å². The molecule has 0 saturated carbocycles. The molecule has 4 atom stereocenters. The summed E-state index contributed by atoms with van der Waals surface area (Å²) in [4.78, 5) is 48.6. The first-order valence-electron chi connectivity index (χ1n) is 24.6. The summed E-state index contributed by atoms with van der Waals surface area (Å²) in [5.74, 6) is -0.821. The smallest absolute Gasteiger partial charge is 0.305 e. The molecular formula is C49H92O9. The Morgan fingerprint density at radius 3 is 1.07 bits per heavy atom. The lowest BCUT2D eigenvalue weighted by Gasteiger charge is -2.27. The van der Waals surface area contributed by atoms with E-state index >= 15 is 0 Å². The Labute approximate surface area is 356 Å². The van der Waals surface area contributed by atoms with Crippen molar-refractivity contribution in [1.29, 1.82) is 0 Å². The minimum Gasteiger partial charge on any atom is -0.466 e. The fraction of sp³-hybridized carbons (Fsp3) is 0.918. The maximum Gasteiger partial charge on any atom is 0.305 e. The van der Waals surface area contributed by atoms with Crippen LogP contribution in [-0.4, -0.2) is 60.0 Å². The van der Waals surface area contributed by atoms with Crippen LogP contribution in [0.3, 0.4) is 0 Å². The molecule has 9 nitrogen and oxygen atoms in total. The number of carbonyl (C=O) groups excluding carboxylic acids is 4. The van der Waals surface area contributed by atoms with Crippen molar-refractivity contribution in [2.75, 3.05) is 6.61 Å². The van der Waals surface area contributed by atoms with Crippen molar-refractivity contribution in [1.82, 2.24) is 0 Å². The van der Waals surface area contributed by atoms with Crippen molar-refractivity contribution in [3.63, 3.8) is 0 Å². The van der Waals surface area contributed by atoms with Crippen LogP contribution in [0.5, 0.6) is 0 Å². The van der Waals surface area contributed by atoms with Gasteiger partial charge in [-0.05, 0) is 57.8 Å². The van der Waals surface area contributed by atoms with E-state index in [2.05, 4.69) is 13.8 Å². The highest BCUT2D eigenvalue weighted by Crippen LogP contribution is 2.22. The molecule has 0 rings (SSSR count). The molecule has 342 valence electrons. The zero-order valence-electron chi connectivity index (χ0n) is 38.5. The Balaban J connectivity index is 4.05. The summed E-state index contributed by atoms with van der Waals surface area (Å²) in [6.07, 6.45) is 32.5. The predicted molar refractivity (Wildman–Crippen MR) is 237 cm³/mol. The van der Waals surface area contributed by atoms with Gasteiger partial charge in [-0.3, -0.25) is 19.2 Å². The summed E-state index contributed by atoms with van der Waals surface area (Å²) in [5, 5.41) is 10.7. The second kappa shape index (κ2) is 41.6. The van der Waals surface area contributed by atoms with Gasteiger partial charge in [0.05, 0.1) is 12.7 Å². The van der Waals surface area contributed by atoms with Crippen LogP contribution < -0.4 is 0 Å². The normalized spacial score (nSPS) is 13.4. The zero-order chi connectivity index (χ0) is 42.9. The highest BCUT2D eigenvalue weighted by molar-refractivity contribution is 5.70. The Morgan fingerprint density at radius 1 is 0.362 bits per heavy atom. The Morgan fingerprint density at radius 2 is 0.672 bits per heavy atom. The molecule has 0 fully saturated rings. The number of unbranched alkanes of at least 4 members (excludes halogenated alkanes) is 23. The summed E-state index contributed by atoms with van der Waals surface area (Å²) < 4.78 is 22.7. The number of hydrogen-bond acceptors (Lipinski definition) is 9. The van der Waals surface area contributed by atoms with E-state index in [1.165, 1.54) is 83.5 Å². The molecule has 9 heteroatoms. The van der Waals surface area contributed by atoms with Crippen LogP contribution in [-0.2, 0) is 38.1 Å². The topological polar surface area (TPSA) is 125 Å². The average molecular weight is 825 g/mol. The third-order valence-corrected chi connectivity index (χ3v) is 11.3. The molecule has 0 heterocycles. The highest BCUT2D eigenvalue weighted by Gasteiger charge is 2.28. The van der Waals surface area contributed by atoms with Crippen LogP contribution in [0, 0.1) is 0 Å². The molecular weight excluding hydrogens is 733 g/mol. The number of ether oxygens (including phenoxy) is 4. The third kappa shape index (κ3) is 34.7. The molecule has 0 bridgehead atoms. The van der Waals surface area contributed by atoms with Gasteiger partial charge >= 0.3 is 23.9 Å². The number of rotatable bonds is 43. The van der Waals surface area contributed by atoms with Gasteiger partial charge in [0.1, 0.15) is 18.3 Å². The largest absolute Gasteiger partial charge is 0.466 e. The van der Waals surface area contributed by atoms with Crippen LogP contribution in [0.25, 0.3) is 0 Å². The first-order chi connectivity index (χ1) is 28.2. The zero-order valence-corrected chi connectivity index (χ0v) is 38.5. The standard InChI is InChI=1S/C49H92O9/c1-6-11-13-15-24-30-36-42(50)43(56-46(51)8-3)37-31-26-21-19-17-18-20-22-29-35-41-55-49(54)40-34-28-23-27-33-39-45(58-48(53)10-5)44(57-47(52)9-4)38-32-25-16-14-12-7-2/h42-45,50H,6-41H2,1-5H3. The van der Waals surface area contributed by atoms with Gasteiger partial charge in [0, 0.05) is 25.7 Å². The van der Waals surface area contributed by atoms with E-state index in [1.807, 2.05) is 0 Å². The van der Waals surface area contributed by atoms with Crippen molar-refractivity contribution >= 4 is 23.9 Å². The Kier molecular flexibility index (Phi) is 40.0. The van der Waals surface area contributed by atoms with Crippen LogP contribution in [0.4, 0.5) is 0 Å². The van der Waals surface area contributed by atoms with E-state index in [0.717, 1.165) is 103 Å². The first-order valence-corrected chi connectivity index (χ1v) is 24.6. The molecule has 0 radical (unpaired) electrons. The average Bonchev–Trinajstić information content (AvgIpc) is 3.22. The lowest BCUT2D eigenvalue weighted by molar-refractivity contribution is -0.169. The van der Waals surface area contributed by atoms with Crippen LogP contribution in [0.15, 0.2) is 0 Å². The molecule has 0 aromatic heterocycles. The SMILES string of the molecule is CCCCCCCCC(O)C(CCCCCCCCCCCCOC(=O)CCCCCCCC(OC(=O)CC)C(CCCCCCCC)OC(=O)CC)OC(=O)CC. The van der Waals surface area contributed by atoms with E-state index < -0.39 is 18.3 Å². The fourth-order valence-corrected chi connectivity index (χ4v) is 7.44. The van der Waals surface area contributed by atoms with E-state index in [1.54, 1.807) is 20.8 Å². The number of esters is 4. The van der Waals surface area contributed by atoms with Gasteiger partial charge in [-0.15, -0.1) is 0 Å². The van der Waals surface area contributed by atoms with Crippen molar-refractivity contribution in [2.24, 2.45) is 0 Å². The number of aliphatic hydroxyl groups is 1. The molecule has 0 aliphatic carbocycles. The molecule has 0 aliphatic rings. The molecule has 0 spiro atoms. The minimum atomic E-state index is -0.557. The molecule has 0 saturated heterocycles. The van der Waals surface area contributed by atoms with E-state index in [0.29, 0.717) is 45.1 Å². The van der Waals surface area contributed by atoms with Crippen molar-refractivity contribution in [2.45, 2.75) is 284 Å². The van der Waals surface area contributed by atoms with Gasteiger partial charge in [0.25, 0.3) is 0 Å². The summed E-state index contributed by atoms with van der Waals surface area (Å²) in [6.45, 7) is 10.3. The lowest BCUT2D eigenvalue weighted by Crippen LogP contribution is -2.35. The molecule has 58 heavy (non-hydrogen) atoms. The van der Waals surface area contributed by atoms with Gasteiger partial charge in [-0.1, -0.05) is 176 Å². The maximum absolute atomic E-state index is 12.2. The van der Waals surface area contributed by atoms with Crippen LogP contribution in [0.1, 0.15) is 259 Å². The molecule has 4 unspecified atom stereocenters. The molecule has 0 aliphatic heterocycles. The molecule has 1 N–H and O–H groups in total. The molecule has 0 aromatic rings. The maximum atomic E-state index is 12.2.